The molecule has 160 valence electrons. The van der Waals surface area contributed by atoms with Crippen LogP contribution in [0.5, 0.6) is 17.2 Å². The molecule has 2 N–H and O–H groups in total. The molecule has 4 nitrogen and oxygen atoms in total. The summed E-state index contributed by atoms with van der Waals surface area (Å²) in [6, 6.07) is 12.0. The highest BCUT2D eigenvalue weighted by atomic mass is 16.5. The van der Waals surface area contributed by atoms with Crippen LogP contribution in [0, 0.1) is 12.8 Å². The molecular formula is C25H36O4. The number of benzene rings is 2. The molecule has 0 aliphatic heterocycles. The van der Waals surface area contributed by atoms with Gasteiger partial charge in [-0.15, -0.1) is 0 Å². The molecule has 0 bridgehead atoms. The van der Waals surface area contributed by atoms with Crippen molar-refractivity contribution in [2.75, 3.05) is 19.8 Å². The van der Waals surface area contributed by atoms with Crippen LogP contribution in [0.1, 0.15) is 56.2 Å². The Morgan fingerprint density at radius 3 is 2.21 bits per heavy atom. The number of rotatable bonds is 13. The lowest BCUT2D eigenvalue weighted by molar-refractivity contribution is 0.264. The van der Waals surface area contributed by atoms with Crippen molar-refractivity contribution < 1.29 is 19.7 Å². The van der Waals surface area contributed by atoms with Gasteiger partial charge in [0.2, 0.25) is 0 Å². The first kappa shape index (κ1) is 23.1. The molecule has 0 aromatic heterocycles. The first-order valence-corrected chi connectivity index (χ1v) is 10.8. The largest absolute Gasteiger partial charge is 0.507 e. The van der Waals surface area contributed by atoms with Crippen LogP contribution in [-0.4, -0.2) is 30.0 Å². The van der Waals surface area contributed by atoms with Crippen LogP contribution in [0.2, 0.25) is 0 Å². The van der Waals surface area contributed by atoms with E-state index in [0.29, 0.717) is 24.9 Å². The lowest BCUT2D eigenvalue weighted by Crippen LogP contribution is -2.04. The van der Waals surface area contributed by atoms with Crippen LogP contribution in [0.4, 0.5) is 0 Å². The van der Waals surface area contributed by atoms with E-state index in [4.69, 9.17) is 14.6 Å². The molecule has 0 heterocycles. The minimum Gasteiger partial charge on any atom is -0.507 e. The van der Waals surface area contributed by atoms with Gasteiger partial charge in [-0.25, -0.2) is 0 Å². The van der Waals surface area contributed by atoms with Gasteiger partial charge in [0.25, 0.3) is 0 Å². The molecule has 0 fully saturated rings. The molecule has 0 unspecified atom stereocenters. The Balaban J connectivity index is 1.68. The number of hydrogen-bond donors (Lipinski definition) is 2. The zero-order valence-electron chi connectivity index (χ0n) is 18.1. The van der Waals surface area contributed by atoms with Crippen LogP contribution in [0.15, 0.2) is 36.4 Å². The van der Waals surface area contributed by atoms with Gasteiger partial charge in [0.15, 0.2) is 0 Å². The normalized spacial score (nSPS) is 11.1. The highest BCUT2D eigenvalue weighted by Crippen LogP contribution is 2.31. The van der Waals surface area contributed by atoms with E-state index in [0.717, 1.165) is 61.2 Å². The Kier molecular flexibility index (Phi) is 9.85. The number of aliphatic hydroxyl groups is 1. The van der Waals surface area contributed by atoms with Crippen molar-refractivity contribution in [2.24, 2.45) is 5.92 Å². The van der Waals surface area contributed by atoms with Crippen molar-refractivity contribution in [3.8, 4) is 17.2 Å². The molecule has 29 heavy (non-hydrogen) atoms. The smallest absolute Gasteiger partial charge is 0.125 e. The maximum Gasteiger partial charge on any atom is 0.125 e. The molecule has 0 saturated heterocycles. The summed E-state index contributed by atoms with van der Waals surface area (Å²) >= 11 is 0. The number of hydrogen-bond acceptors (Lipinski definition) is 4. The number of phenolic OH excluding ortho intramolecular Hbond substituents is 1. The van der Waals surface area contributed by atoms with Crippen LogP contribution in [0.3, 0.4) is 0 Å². The molecule has 2 aromatic rings. The van der Waals surface area contributed by atoms with Gasteiger partial charge < -0.3 is 19.7 Å². The first-order valence-electron chi connectivity index (χ1n) is 10.8. The van der Waals surface area contributed by atoms with Crippen LogP contribution < -0.4 is 9.47 Å². The van der Waals surface area contributed by atoms with Gasteiger partial charge in [-0.1, -0.05) is 32.0 Å². The van der Waals surface area contributed by atoms with Crippen LogP contribution >= 0.6 is 0 Å². The van der Waals surface area contributed by atoms with Crippen molar-refractivity contribution in [1.82, 2.24) is 0 Å². The monoisotopic (exact) mass is 400 g/mol. The third-order valence-electron chi connectivity index (χ3n) is 5.07. The molecule has 0 aliphatic carbocycles. The second-order valence-corrected chi connectivity index (χ2v) is 8.00. The van der Waals surface area contributed by atoms with Gasteiger partial charge in [-0.2, -0.15) is 0 Å². The van der Waals surface area contributed by atoms with Crippen LogP contribution in [-0.2, 0) is 12.8 Å². The SMILES string of the molecule is Cc1c(OCCCCOc2ccc(CCCO)cc2)ccc(CCC(C)C)c1O. The van der Waals surface area contributed by atoms with E-state index in [-0.39, 0.29) is 6.61 Å². The summed E-state index contributed by atoms with van der Waals surface area (Å²) < 4.78 is 11.6. The van der Waals surface area contributed by atoms with Gasteiger partial charge in [0.1, 0.15) is 17.2 Å². The van der Waals surface area contributed by atoms with Crippen molar-refractivity contribution in [1.29, 1.82) is 0 Å². The predicted molar refractivity (Wildman–Crippen MR) is 118 cm³/mol. The summed E-state index contributed by atoms with van der Waals surface area (Å²) in [7, 11) is 0. The van der Waals surface area contributed by atoms with Gasteiger partial charge in [0.05, 0.1) is 13.2 Å². The maximum absolute atomic E-state index is 10.4. The minimum absolute atomic E-state index is 0.224. The van der Waals surface area contributed by atoms with Gasteiger partial charge in [-0.05, 0) is 80.7 Å². The number of phenols is 1. The average molecular weight is 401 g/mol. The standard InChI is InChI=1S/C25H36O4/c1-19(2)8-11-22-12-15-24(20(3)25(22)27)29-18-5-4-17-28-23-13-9-21(10-14-23)7-6-16-26/h9-10,12-15,19,26-27H,4-8,11,16-18H2,1-3H3. The fourth-order valence-electron chi connectivity index (χ4n) is 3.15. The molecule has 4 heteroatoms. The quantitative estimate of drug-likeness (QED) is 0.439. The van der Waals surface area contributed by atoms with Crippen molar-refractivity contribution in [3.63, 3.8) is 0 Å². The third-order valence-corrected chi connectivity index (χ3v) is 5.07. The predicted octanol–water partition coefficient (Wildman–Crippen LogP) is 5.45. The lowest BCUT2D eigenvalue weighted by Gasteiger charge is -2.14. The summed E-state index contributed by atoms with van der Waals surface area (Å²) in [4.78, 5) is 0. The fraction of sp³-hybridized carbons (Fsp3) is 0.520. The lowest BCUT2D eigenvalue weighted by atomic mass is 10.00. The first-order chi connectivity index (χ1) is 14.0. The van der Waals surface area contributed by atoms with Crippen molar-refractivity contribution in [3.05, 3.63) is 53.1 Å². The maximum atomic E-state index is 10.4. The summed E-state index contributed by atoms with van der Waals surface area (Å²) in [6.45, 7) is 7.78. The molecule has 0 saturated carbocycles. The number of aromatic hydroxyl groups is 1. The van der Waals surface area contributed by atoms with Gasteiger partial charge in [-0.3, -0.25) is 0 Å². The van der Waals surface area contributed by atoms with E-state index in [1.165, 1.54) is 5.56 Å². The summed E-state index contributed by atoms with van der Waals surface area (Å²) in [5, 5.41) is 19.3. The van der Waals surface area contributed by atoms with E-state index in [2.05, 4.69) is 13.8 Å². The molecule has 0 spiro atoms. The molecule has 0 amide bonds. The molecule has 0 atom stereocenters. The minimum atomic E-state index is 0.224. The zero-order chi connectivity index (χ0) is 21.1. The second kappa shape index (κ2) is 12.4. The summed E-state index contributed by atoms with van der Waals surface area (Å²) in [6.07, 6.45) is 5.44. The van der Waals surface area contributed by atoms with E-state index in [1.807, 2.05) is 43.3 Å². The highest BCUT2D eigenvalue weighted by Gasteiger charge is 2.10. The number of ether oxygens (including phenoxy) is 2. The van der Waals surface area contributed by atoms with Gasteiger partial charge >= 0.3 is 0 Å². The highest BCUT2D eigenvalue weighted by molar-refractivity contribution is 5.48. The van der Waals surface area contributed by atoms with Crippen molar-refractivity contribution >= 4 is 0 Å². The number of aryl methyl sites for hydroxylation is 2. The fourth-order valence-corrected chi connectivity index (χ4v) is 3.15. The third kappa shape index (κ3) is 7.98. The van der Waals surface area contributed by atoms with E-state index in [9.17, 15) is 5.11 Å². The summed E-state index contributed by atoms with van der Waals surface area (Å²) in [5.41, 5.74) is 3.04. The molecule has 2 rings (SSSR count). The Hall–Kier alpha value is -2.20. The average Bonchev–Trinajstić information content (AvgIpc) is 2.72. The Labute approximate surface area is 175 Å². The zero-order valence-corrected chi connectivity index (χ0v) is 18.1. The van der Waals surface area contributed by atoms with E-state index >= 15 is 0 Å². The second-order valence-electron chi connectivity index (χ2n) is 8.00. The van der Waals surface area contributed by atoms with E-state index < -0.39 is 0 Å². The Bertz CT molecular complexity index is 722. The summed E-state index contributed by atoms with van der Waals surface area (Å²) in [5.74, 6) is 2.62. The van der Waals surface area contributed by atoms with Crippen molar-refractivity contribution in [2.45, 2.75) is 59.3 Å². The van der Waals surface area contributed by atoms with E-state index in [1.54, 1.807) is 0 Å². The Morgan fingerprint density at radius 2 is 1.55 bits per heavy atom. The molecule has 0 radical (unpaired) electrons. The Morgan fingerprint density at radius 1 is 0.862 bits per heavy atom. The molecular weight excluding hydrogens is 364 g/mol. The molecule has 0 aliphatic rings. The number of unbranched alkanes of at least 4 members (excludes halogenated alkanes) is 1. The number of aliphatic hydroxyl groups excluding tert-OH is 1. The topological polar surface area (TPSA) is 58.9 Å². The van der Waals surface area contributed by atoms with Crippen LogP contribution in [0.25, 0.3) is 0 Å². The van der Waals surface area contributed by atoms with Gasteiger partial charge in [0, 0.05) is 12.2 Å². The molecule has 2 aromatic carbocycles.